The highest BCUT2D eigenvalue weighted by molar-refractivity contribution is 6.03. The number of anilines is 1. The van der Waals surface area contributed by atoms with Gasteiger partial charge in [-0.2, -0.15) is 5.10 Å². The molecule has 158 valence electrons. The molecule has 9 heteroatoms. The summed E-state index contributed by atoms with van der Waals surface area (Å²) in [6, 6.07) is 14.3. The number of hydrogen-bond acceptors (Lipinski definition) is 7. The van der Waals surface area contributed by atoms with E-state index in [-0.39, 0.29) is 19.1 Å². The molecule has 0 spiro atoms. The van der Waals surface area contributed by atoms with E-state index in [0.29, 0.717) is 28.5 Å². The maximum absolute atomic E-state index is 12.8. The lowest BCUT2D eigenvalue weighted by Gasteiger charge is -2.11. The van der Waals surface area contributed by atoms with Crippen molar-refractivity contribution in [3.05, 3.63) is 72.3 Å². The molecule has 1 aromatic carbocycles. The minimum atomic E-state index is -0.950. The number of nitrogens with one attached hydrogen (secondary N) is 1. The number of pyridine rings is 1. The first-order valence-corrected chi connectivity index (χ1v) is 9.64. The molecule has 0 saturated carbocycles. The summed E-state index contributed by atoms with van der Waals surface area (Å²) >= 11 is 0. The van der Waals surface area contributed by atoms with Crippen LogP contribution in [0.5, 0.6) is 5.75 Å². The Morgan fingerprint density at radius 3 is 2.87 bits per heavy atom. The number of fused-ring (bicyclic) bond motifs is 1. The van der Waals surface area contributed by atoms with Crippen LogP contribution in [0.25, 0.3) is 16.9 Å². The largest absolute Gasteiger partial charge is 0.491 e. The number of carbonyl (C=O) groups excluding carboxylic acids is 1. The van der Waals surface area contributed by atoms with E-state index in [9.17, 15) is 9.90 Å². The van der Waals surface area contributed by atoms with Crippen LogP contribution in [-0.4, -0.2) is 55.0 Å². The van der Waals surface area contributed by atoms with Crippen molar-refractivity contribution in [2.45, 2.75) is 13.0 Å². The van der Waals surface area contributed by atoms with Crippen molar-refractivity contribution in [3.63, 3.8) is 0 Å². The van der Waals surface area contributed by atoms with Gasteiger partial charge in [0.05, 0.1) is 18.5 Å². The summed E-state index contributed by atoms with van der Waals surface area (Å²) in [7, 11) is 0. The number of rotatable bonds is 7. The summed E-state index contributed by atoms with van der Waals surface area (Å²) in [5, 5.41) is 25.8. The van der Waals surface area contributed by atoms with E-state index >= 15 is 0 Å². The SMILES string of the molecule is Cc1cc(NC(=O)c2cnc3ccc(-c4cccc(OCC(O)CO)c4)nn23)ccn1. The number of aliphatic hydroxyl groups is 2. The number of aryl methyl sites for hydroxylation is 1. The summed E-state index contributed by atoms with van der Waals surface area (Å²) in [4.78, 5) is 21.2. The van der Waals surface area contributed by atoms with Crippen LogP contribution < -0.4 is 10.1 Å². The summed E-state index contributed by atoms with van der Waals surface area (Å²) in [5.41, 5.74) is 3.65. The minimum Gasteiger partial charge on any atom is -0.491 e. The molecule has 0 fully saturated rings. The number of nitrogens with zero attached hydrogens (tertiary/aromatic N) is 4. The number of imidazole rings is 1. The highest BCUT2D eigenvalue weighted by atomic mass is 16.5. The first-order valence-electron chi connectivity index (χ1n) is 9.64. The second kappa shape index (κ2) is 8.90. The van der Waals surface area contributed by atoms with Crippen molar-refractivity contribution in [1.82, 2.24) is 19.6 Å². The van der Waals surface area contributed by atoms with E-state index in [2.05, 4.69) is 20.4 Å². The Morgan fingerprint density at radius 1 is 1.19 bits per heavy atom. The van der Waals surface area contributed by atoms with Gasteiger partial charge in [-0.3, -0.25) is 9.78 Å². The minimum absolute atomic E-state index is 0.0211. The predicted molar refractivity (Wildman–Crippen MR) is 114 cm³/mol. The van der Waals surface area contributed by atoms with Gasteiger partial charge < -0.3 is 20.3 Å². The van der Waals surface area contributed by atoms with Crippen molar-refractivity contribution in [2.24, 2.45) is 0 Å². The van der Waals surface area contributed by atoms with Crippen LogP contribution in [0.3, 0.4) is 0 Å². The standard InChI is InChI=1S/C22H21N5O4/c1-14-9-16(7-8-23-14)25-22(30)20-11-24-21-6-5-19(26-27(20)21)15-3-2-4-18(10-15)31-13-17(29)12-28/h2-11,17,28-29H,12-13H2,1H3,(H,23,25,30). The van der Waals surface area contributed by atoms with E-state index in [1.165, 1.54) is 10.7 Å². The Kier molecular flexibility index (Phi) is 5.87. The van der Waals surface area contributed by atoms with E-state index < -0.39 is 6.10 Å². The Labute approximate surface area is 178 Å². The summed E-state index contributed by atoms with van der Waals surface area (Å²) in [6.45, 7) is 1.45. The highest BCUT2D eigenvalue weighted by Crippen LogP contribution is 2.23. The molecule has 0 saturated heterocycles. The number of aliphatic hydroxyl groups excluding tert-OH is 2. The van der Waals surface area contributed by atoms with E-state index in [1.54, 1.807) is 48.7 Å². The molecular formula is C22H21N5O4. The molecule has 0 radical (unpaired) electrons. The fourth-order valence-corrected chi connectivity index (χ4v) is 2.99. The molecule has 31 heavy (non-hydrogen) atoms. The number of benzene rings is 1. The Balaban J connectivity index is 1.60. The van der Waals surface area contributed by atoms with Gasteiger partial charge in [-0.05, 0) is 43.3 Å². The third kappa shape index (κ3) is 4.68. The maximum atomic E-state index is 12.8. The van der Waals surface area contributed by atoms with Crippen LogP contribution in [0, 0.1) is 6.92 Å². The van der Waals surface area contributed by atoms with E-state index in [1.807, 2.05) is 13.0 Å². The summed E-state index contributed by atoms with van der Waals surface area (Å²) in [5.74, 6) is 0.196. The van der Waals surface area contributed by atoms with Gasteiger partial charge in [0.1, 0.15) is 18.5 Å². The van der Waals surface area contributed by atoms with E-state index in [0.717, 1.165) is 11.3 Å². The monoisotopic (exact) mass is 419 g/mol. The molecule has 1 unspecified atom stereocenters. The summed E-state index contributed by atoms with van der Waals surface area (Å²) < 4.78 is 6.99. The Hall–Kier alpha value is -3.82. The fraction of sp³-hybridized carbons (Fsp3) is 0.182. The van der Waals surface area contributed by atoms with Gasteiger partial charge in [-0.15, -0.1) is 0 Å². The molecule has 3 aromatic heterocycles. The first-order chi connectivity index (χ1) is 15.0. The smallest absolute Gasteiger partial charge is 0.276 e. The average Bonchev–Trinajstić information content (AvgIpc) is 3.21. The maximum Gasteiger partial charge on any atom is 0.276 e. The molecule has 3 N–H and O–H groups in total. The molecule has 4 rings (SSSR count). The van der Waals surface area contributed by atoms with Crippen molar-refractivity contribution in [2.75, 3.05) is 18.5 Å². The van der Waals surface area contributed by atoms with Gasteiger partial charge in [0.15, 0.2) is 11.3 Å². The molecule has 1 atom stereocenters. The van der Waals surface area contributed by atoms with Crippen LogP contribution in [0.2, 0.25) is 0 Å². The third-order valence-electron chi connectivity index (χ3n) is 4.53. The van der Waals surface area contributed by atoms with Gasteiger partial charge >= 0.3 is 0 Å². The predicted octanol–water partition coefficient (Wildman–Crippen LogP) is 2.08. The number of hydrogen-bond donors (Lipinski definition) is 3. The van der Waals surface area contributed by atoms with Crippen LogP contribution in [0.1, 0.15) is 16.2 Å². The molecule has 0 aliphatic carbocycles. The zero-order valence-corrected chi connectivity index (χ0v) is 16.8. The Bertz CT molecular complexity index is 1220. The third-order valence-corrected chi connectivity index (χ3v) is 4.53. The van der Waals surface area contributed by atoms with Crippen LogP contribution in [0.15, 0.2) is 60.9 Å². The lowest BCUT2D eigenvalue weighted by molar-refractivity contribution is 0.0536. The van der Waals surface area contributed by atoms with Crippen molar-refractivity contribution in [1.29, 1.82) is 0 Å². The van der Waals surface area contributed by atoms with Crippen LogP contribution in [-0.2, 0) is 0 Å². The first kappa shape index (κ1) is 20.5. The second-order valence-electron chi connectivity index (χ2n) is 6.95. The van der Waals surface area contributed by atoms with Crippen molar-refractivity contribution in [3.8, 4) is 17.0 Å². The lowest BCUT2D eigenvalue weighted by atomic mass is 10.1. The topological polar surface area (TPSA) is 122 Å². The van der Waals surface area contributed by atoms with Crippen LogP contribution >= 0.6 is 0 Å². The second-order valence-corrected chi connectivity index (χ2v) is 6.95. The molecule has 9 nitrogen and oxygen atoms in total. The highest BCUT2D eigenvalue weighted by Gasteiger charge is 2.15. The number of carbonyl (C=O) groups is 1. The average molecular weight is 419 g/mol. The van der Waals surface area contributed by atoms with Crippen molar-refractivity contribution < 1.29 is 19.7 Å². The van der Waals surface area contributed by atoms with Gasteiger partial charge in [-0.25, -0.2) is 9.50 Å². The molecule has 0 aliphatic rings. The van der Waals surface area contributed by atoms with Crippen LogP contribution in [0.4, 0.5) is 5.69 Å². The fourth-order valence-electron chi connectivity index (χ4n) is 2.99. The van der Waals surface area contributed by atoms with Crippen molar-refractivity contribution >= 4 is 17.2 Å². The zero-order valence-electron chi connectivity index (χ0n) is 16.8. The normalized spacial score (nSPS) is 12.0. The molecule has 0 bridgehead atoms. The summed E-state index contributed by atoms with van der Waals surface area (Å²) in [6.07, 6.45) is 2.16. The lowest BCUT2D eigenvalue weighted by Crippen LogP contribution is -2.21. The molecular weight excluding hydrogens is 398 g/mol. The molecule has 4 aromatic rings. The zero-order chi connectivity index (χ0) is 21.8. The number of amides is 1. The Morgan fingerprint density at radius 2 is 2.06 bits per heavy atom. The van der Waals surface area contributed by atoms with E-state index in [4.69, 9.17) is 9.84 Å². The van der Waals surface area contributed by atoms with Gasteiger partial charge in [0.2, 0.25) is 0 Å². The van der Waals surface area contributed by atoms with Gasteiger partial charge in [0, 0.05) is 23.1 Å². The van der Waals surface area contributed by atoms with Gasteiger partial charge in [-0.1, -0.05) is 12.1 Å². The molecule has 0 aliphatic heterocycles. The quantitative estimate of drug-likeness (QED) is 0.419. The molecule has 3 heterocycles. The number of aromatic nitrogens is 4. The van der Waals surface area contributed by atoms with Gasteiger partial charge in [0.25, 0.3) is 5.91 Å². The number of ether oxygens (including phenoxy) is 1. The molecule has 1 amide bonds.